The Labute approximate surface area is 132 Å². The predicted octanol–water partition coefficient (Wildman–Crippen LogP) is 3.05. The maximum Gasteiger partial charge on any atom is 0.306 e. The van der Waals surface area contributed by atoms with Crippen LogP contribution in [0.3, 0.4) is 0 Å². The molecule has 1 N–H and O–H groups in total. The lowest BCUT2D eigenvalue weighted by molar-refractivity contribution is -0.149. The second kappa shape index (κ2) is 6.66. The number of carbonyl (C=O) groups excluding carboxylic acids is 1. The van der Waals surface area contributed by atoms with Crippen LogP contribution in [0.15, 0.2) is 36.9 Å². The van der Waals surface area contributed by atoms with E-state index in [9.17, 15) is 9.90 Å². The van der Waals surface area contributed by atoms with Crippen molar-refractivity contribution in [1.29, 1.82) is 0 Å². The van der Waals surface area contributed by atoms with E-state index in [4.69, 9.17) is 4.74 Å². The van der Waals surface area contributed by atoms with Crippen LogP contribution in [0.25, 0.3) is 0 Å². The van der Waals surface area contributed by atoms with Gasteiger partial charge in [-0.2, -0.15) is 0 Å². The van der Waals surface area contributed by atoms with Crippen molar-refractivity contribution in [1.82, 2.24) is 0 Å². The maximum atomic E-state index is 12.0. The molecular weight excluding hydrogens is 276 g/mol. The molecule has 3 heteroatoms. The number of hydrogen-bond acceptors (Lipinski definition) is 3. The summed E-state index contributed by atoms with van der Waals surface area (Å²) in [4.78, 5) is 12.0. The van der Waals surface area contributed by atoms with Gasteiger partial charge in [-0.25, -0.2) is 0 Å². The Morgan fingerprint density at radius 2 is 1.95 bits per heavy atom. The highest BCUT2D eigenvalue weighted by molar-refractivity contribution is 5.69. The average molecular weight is 300 g/mol. The smallest absolute Gasteiger partial charge is 0.306 e. The SMILES string of the molecule is C=C[C@@H](CCC(=O)OC1Cc2ccccc2C1)[C@@H](O)C1CC1. The van der Waals surface area contributed by atoms with Crippen molar-refractivity contribution in [2.24, 2.45) is 11.8 Å². The highest BCUT2D eigenvalue weighted by atomic mass is 16.5. The fourth-order valence-electron chi connectivity index (χ4n) is 3.35. The first kappa shape index (κ1) is 15.3. The van der Waals surface area contributed by atoms with E-state index < -0.39 is 0 Å². The molecule has 0 heterocycles. The molecule has 0 unspecified atom stereocenters. The lowest BCUT2D eigenvalue weighted by atomic mass is 9.94. The minimum Gasteiger partial charge on any atom is -0.462 e. The third-order valence-electron chi connectivity index (χ3n) is 4.84. The Hall–Kier alpha value is -1.61. The van der Waals surface area contributed by atoms with Crippen LogP contribution in [-0.2, 0) is 22.4 Å². The largest absolute Gasteiger partial charge is 0.462 e. The lowest BCUT2D eigenvalue weighted by Gasteiger charge is -2.19. The lowest BCUT2D eigenvalue weighted by Crippen LogP contribution is -2.23. The van der Waals surface area contributed by atoms with Gasteiger partial charge in [-0.05, 0) is 36.3 Å². The van der Waals surface area contributed by atoms with Gasteiger partial charge in [0.1, 0.15) is 6.10 Å². The molecule has 0 amide bonds. The van der Waals surface area contributed by atoms with Crippen molar-refractivity contribution in [3.05, 3.63) is 48.0 Å². The summed E-state index contributed by atoms with van der Waals surface area (Å²) in [5.74, 6) is 0.247. The number of benzene rings is 1. The standard InChI is InChI=1S/C19H24O3/c1-2-13(19(21)14-7-8-14)9-10-18(20)22-17-11-15-5-3-4-6-16(15)12-17/h2-6,13-14,17,19,21H,1,7-12H2/t13-,19+/m0/s1. The van der Waals surface area contributed by atoms with Gasteiger partial charge in [-0.1, -0.05) is 30.3 Å². The number of aliphatic hydroxyl groups excluding tert-OH is 1. The highest BCUT2D eigenvalue weighted by Crippen LogP contribution is 2.37. The van der Waals surface area contributed by atoms with Gasteiger partial charge in [-0.15, -0.1) is 6.58 Å². The van der Waals surface area contributed by atoms with Gasteiger partial charge in [0.05, 0.1) is 6.10 Å². The molecule has 0 saturated heterocycles. The molecule has 0 aliphatic heterocycles. The van der Waals surface area contributed by atoms with Crippen molar-refractivity contribution in [2.45, 2.75) is 50.7 Å². The topological polar surface area (TPSA) is 46.5 Å². The minimum absolute atomic E-state index is 0.000764. The van der Waals surface area contributed by atoms with Crippen LogP contribution in [-0.4, -0.2) is 23.3 Å². The molecule has 0 bridgehead atoms. The summed E-state index contributed by atoms with van der Waals surface area (Å²) < 4.78 is 5.59. The van der Waals surface area contributed by atoms with E-state index >= 15 is 0 Å². The molecule has 2 atom stereocenters. The van der Waals surface area contributed by atoms with Gasteiger partial charge in [0.2, 0.25) is 0 Å². The average Bonchev–Trinajstić information content (AvgIpc) is 3.28. The summed E-state index contributed by atoms with van der Waals surface area (Å²) in [6, 6.07) is 8.25. The van der Waals surface area contributed by atoms with Crippen LogP contribution in [0, 0.1) is 11.8 Å². The Morgan fingerprint density at radius 1 is 1.32 bits per heavy atom. The number of fused-ring (bicyclic) bond motifs is 1. The Balaban J connectivity index is 1.44. The normalized spacial score (nSPS) is 20.2. The monoisotopic (exact) mass is 300 g/mol. The molecule has 2 aliphatic carbocycles. The van der Waals surface area contributed by atoms with E-state index in [2.05, 4.69) is 18.7 Å². The first-order valence-electron chi connectivity index (χ1n) is 8.24. The van der Waals surface area contributed by atoms with E-state index in [0.717, 1.165) is 25.7 Å². The zero-order chi connectivity index (χ0) is 15.5. The number of ether oxygens (including phenoxy) is 1. The molecule has 0 radical (unpaired) electrons. The molecule has 1 fully saturated rings. The van der Waals surface area contributed by atoms with Crippen LogP contribution < -0.4 is 0 Å². The summed E-state index contributed by atoms with van der Waals surface area (Å²) in [6.45, 7) is 3.79. The molecule has 1 aromatic carbocycles. The fraction of sp³-hybridized carbons (Fsp3) is 0.526. The molecule has 0 aromatic heterocycles. The van der Waals surface area contributed by atoms with Crippen LogP contribution in [0.1, 0.15) is 36.8 Å². The van der Waals surface area contributed by atoms with Crippen molar-refractivity contribution >= 4 is 5.97 Å². The third-order valence-corrected chi connectivity index (χ3v) is 4.84. The van der Waals surface area contributed by atoms with Crippen LogP contribution in [0.5, 0.6) is 0 Å². The first-order chi connectivity index (χ1) is 10.7. The molecule has 118 valence electrons. The number of carbonyl (C=O) groups is 1. The van der Waals surface area contributed by atoms with Crippen LogP contribution in [0.4, 0.5) is 0 Å². The van der Waals surface area contributed by atoms with E-state index in [0.29, 0.717) is 18.8 Å². The van der Waals surface area contributed by atoms with Crippen LogP contribution >= 0.6 is 0 Å². The molecule has 1 aromatic rings. The van der Waals surface area contributed by atoms with E-state index in [-0.39, 0.29) is 24.1 Å². The summed E-state index contributed by atoms with van der Waals surface area (Å²) in [6.07, 6.45) is 6.21. The van der Waals surface area contributed by atoms with Gasteiger partial charge in [0.15, 0.2) is 0 Å². The van der Waals surface area contributed by atoms with Crippen molar-refractivity contribution < 1.29 is 14.6 Å². The summed E-state index contributed by atoms with van der Waals surface area (Å²) in [5.41, 5.74) is 2.57. The number of hydrogen-bond donors (Lipinski definition) is 1. The summed E-state index contributed by atoms with van der Waals surface area (Å²) in [7, 11) is 0. The fourth-order valence-corrected chi connectivity index (χ4v) is 3.35. The van der Waals surface area contributed by atoms with Gasteiger partial charge in [-0.3, -0.25) is 4.79 Å². The maximum absolute atomic E-state index is 12.0. The highest BCUT2D eigenvalue weighted by Gasteiger charge is 2.34. The zero-order valence-electron chi connectivity index (χ0n) is 12.9. The van der Waals surface area contributed by atoms with E-state index in [1.807, 2.05) is 12.1 Å². The molecule has 3 nitrogen and oxygen atoms in total. The number of esters is 1. The Bertz CT molecular complexity index is 522. The van der Waals surface area contributed by atoms with E-state index in [1.165, 1.54) is 11.1 Å². The molecule has 22 heavy (non-hydrogen) atoms. The van der Waals surface area contributed by atoms with Crippen LogP contribution in [0.2, 0.25) is 0 Å². The van der Waals surface area contributed by atoms with Gasteiger partial charge in [0, 0.05) is 25.2 Å². The molecule has 3 rings (SSSR count). The predicted molar refractivity (Wildman–Crippen MR) is 85.4 cm³/mol. The summed E-state index contributed by atoms with van der Waals surface area (Å²) in [5, 5.41) is 10.1. The van der Waals surface area contributed by atoms with Gasteiger partial charge in [0.25, 0.3) is 0 Å². The van der Waals surface area contributed by atoms with E-state index in [1.54, 1.807) is 6.08 Å². The van der Waals surface area contributed by atoms with Crippen molar-refractivity contribution in [3.63, 3.8) is 0 Å². The van der Waals surface area contributed by atoms with Crippen molar-refractivity contribution in [3.8, 4) is 0 Å². The second-order valence-electron chi connectivity index (χ2n) is 6.56. The zero-order valence-corrected chi connectivity index (χ0v) is 12.9. The molecular formula is C19H24O3. The number of rotatable bonds is 7. The Morgan fingerprint density at radius 3 is 2.50 bits per heavy atom. The molecule has 0 spiro atoms. The van der Waals surface area contributed by atoms with Gasteiger partial charge < -0.3 is 9.84 Å². The number of aliphatic hydroxyl groups is 1. The molecule has 2 aliphatic rings. The first-order valence-corrected chi connectivity index (χ1v) is 8.24. The second-order valence-corrected chi connectivity index (χ2v) is 6.56. The quantitative estimate of drug-likeness (QED) is 0.622. The Kier molecular flexibility index (Phi) is 4.63. The summed E-state index contributed by atoms with van der Waals surface area (Å²) >= 11 is 0. The third kappa shape index (κ3) is 3.58. The minimum atomic E-state index is -0.346. The molecule has 1 saturated carbocycles. The van der Waals surface area contributed by atoms with Gasteiger partial charge >= 0.3 is 5.97 Å². The van der Waals surface area contributed by atoms with Crippen molar-refractivity contribution in [2.75, 3.05) is 0 Å².